The molecule has 188 valence electrons. The molecule has 1 aromatic rings. The lowest BCUT2D eigenvalue weighted by Gasteiger charge is -2.35. The number of pyridine rings is 1. The molecule has 0 saturated carbocycles. The van der Waals surface area contributed by atoms with Crippen molar-refractivity contribution in [2.24, 2.45) is 13.0 Å². The number of ether oxygens (including phenoxy) is 1. The van der Waals surface area contributed by atoms with E-state index in [0.29, 0.717) is 65.3 Å². The Morgan fingerprint density at radius 2 is 1.94 bits per heavy atom. The minimum Gasteiger partial charge on any atom is -0.466 e. The monoisotopic (exact) mass is 516 g/mol. The first-order valence-electron chi connectivity index (χ1n) is 12.1. The van der Waals surface area contributed by atoms with Crippen molar-refractivity contribution in [2.75, 3.05) is 31.1 Å². The Hall–Kier alpha value is -2.64. The quantitative estimate of drug-likeness (QED) is 0.223. The standard InChI is InChI=1S/C25H32N4O4S2/c1-5-7-8-11-29-23(31)20(35-25(29)34)14-18-16(3)19(15-26)22(30)27(4)21(18)28-12-9-17(10-13-28)24(32)33-6-2/h14,17H,5-13H2,1-4H3/b20-14-. The van der Waals surface area contributed by atoms with Gasteiger partial charge in [0.15, 0.2) is 0 Å². The first-order valence-corrected chi connectivity index (χ1v) is 13.3. The number of thiocarbonyl (C=S) groups is 1. The number of amides is 1. The summed E-state index contributed by atoms with van der Waals surface area (Å²) < 4.78 is 7.18. The molecule has 1 amide bonds. The maximum Gasteiger partial charge on any atom is 0.309 e. The van der Waals surface area contributed by atoms with E-state index in [9.17, 15) is 19.6 Å². The van der Waals surface area contributed by atoms with Crippen LogP contribution in [0.3, 0.4) is 0 Å². The molecule has 2 aliphatic rings. The molecule has 0 aromatic carbocycles. The minimum atomic E-state index is -0.378. The van der Waals surface area contributed by atoms with Gasteiger partial charge in [-0.15, -0.1) is 0 Å². The fraction of sp³-hybridized carbons (Fsp3) is 0.560. The highest BCUT2D eigenvalue weighted by Crippen LogP contribution is 2.36. The summed E-state index contributed by atoms with van der Waals surface area (Å²) in [7, 11) is 1.64. The molecule has 2 saturated heterocycles. The van der Waals surface area contributed by atoms with Gasteiger partial charge in [0.2, 0.25) is 0 Å². The number of carbonyl (C=O) groups excluding carboxylic acids is 2. The van der Waals surface area contributed by atoms with E-state index in [4.69, 9.17) is 17.0 Å². The number of nitriles is 1. The van der Waals surface area contributed by atoms with Crippen molar-refractivity contribution in [3.05, 3.63) is 31.9 Å². The van der Waals surface area contributed by atoms with E-state index in [-0.39, 0.29) is 28.9 Å². The topological polar surface area (TPSA) is 95.6 Å². The second-order valence-corrected chi connectivity index (χ2v) is 10.4. The van der Waals surface area contributed by atoms with E-state index in [1.807, 2.05) is 6.07 Å². The fourth-order valence-electron chi connectivity index (χ4n) is 4.53. The molecule has 10 heteroatoms. The van der Waals surface area contributed by atoms with Crippen molar-refractivity contribution in [1.29, 1.82) is 5.26 Å². The van der Waals surface area contributed by atoms with Crippen LogP contribution in [0, 0.1) is 24.2 Å². The third kappa shape index (κ3) is 5.62. The first kappa shape index (κ1) is 27.0. The van der Waals surface area contributed by atoms with Gasteiger partial charge in [0.25, 0.3) is 11.5 Å². The van der Waals surface area contributed by atoms with Gasteiger partial charge in [-0.25, -0.2) is 0 Å². The molecule has 0 radical (unpaired) electrons. The van der Waals surface area contributed by atoms with Gasteiger partial charge in [0, 0.05) is 32.2 Å². The Morgan fingerprint density at radius 3 is 2.54 bits per heavy atom. The number of piperidine rings is 1. The normalized spacial score (nSPS) is 17.9. The summed E-state index contributed by atoms with van der Waals surface area (Å²) in [5.41, 5.74) is 0.876. The molecule has 0 aliphatic carbocycles. The maximum atomic E-state index is 13.1. The van der Waals surface area contributed by atoms with E-state index in [0.717, 1.165) is 19.3 Å². The van der Waals surface area contributed by atoms with Crippen molar-refractivity contribution in [3.63, 3.8) is 0 Å². The lowest BCUT2D eigenvalue weighted by molar-refractivity contribution is -0.148. The van der Waals surface area contributed by atoms with Crippen LogP contribution in [-0.4, -0.2) is 51.9 Å². The van der Waals surface area contributed by atoms with Gasteiger partial charge in [-0.3, -0.25) is 23.9 Å². The smallest absolute Gasteiger partial charge is 0.309 e. The van der Waals surface area contributed by atoms with Gasteiger partial charge in [-0.2, -0.15) is 5.26 Å². The van der Waals surface area contributed by atoms with Crippen molar-refractivity contribution in [2.45, 2.75) is 52.9 Å². The number of hydrogen-bond acceptors (Lipinski definition) is 8. The lowest BCUT2D eigenvalue weighted by atomic mass is 9.95. The van der Waals surface area contributed by atoms with Crippen LogP contribution in [0.2, 0.25) is 0 Å². The summed E-state index contributed by atoms with van der Waals surface area (Å²) in [5.74, 6) is 0.134. The number of esters is 1. The van der Waals surface area contributed by atoms with Crippen molar-refractivity contribution < 1.29 is 14.3 Å². The maximum absolute atomic E-state index is 13.1. The van der Waals surface area contributed by atoms with Gasteiger partial charge in [-0.05, 0) is 44.7 Å². The summed E-state index contributed by atoms with van der Waals surface area (Å²) in [4.78, 5) is 42.5. The molecule has 0 atom stereocenters. The highest BCUT2D eigenvalue weighted by Gasteiger charge is 2.34. The summed E-state index contributed by atoms with van der Waals surface area (Å²) in [6.07, 6.45) is 5.93. The average Bonchev–Trinajstić information content (AvgIpc) is 3.11. The number of aromatic nitrogens is 1. The van der Waals surface area contributed by atoms with E-state index in [1.54, 1.807) is 31.9 Å². The molecule has 2 aliphatic heterocycles. The van der Waals surface area contributed by atoms with Gasteiger partial charge >= 0.3 is 5.97 Å². The Morgan fingerprint density at radius 1 is 1.26 bits per heavy atom. The van der Waals surface area contributed by atoms with Gasteiger partial charge in [0.1, 0.15) is 21.8 Å². The summed E-state index contributed by atoms with van der Waals surface area (Å²) >= 11 is 6.72. The third-order valence-electron chi connectivity index (χ3n) is 6.52. The molecule has 0 N–H and O–H groups in total. The minimum absolute atomic E-state index is 0.0577. The first-order chi connectivity index (χ1) is 16.7. The highest BCUT2D eigenvalue weighted by atomic mass is 32.2. The largest absolute Gasteiger partial charge is 0.466 e. The third-order valence-corrected chi connectivity index (χ3v) is 7.89. The molecule has 8 nitrogen and oxygen atoms in total. The SMILES string of the molecule is CCCCCN1C(=O)/C(=C/c2c(C)c(C#N)c(=O)n(C)c2N2CCC(C(=O)OCC)CC2)SC1=S. The number of thioether (sulfide) groups is 1. The zero-order valence-corrected chi connectivity index (χ0v) is 22.4. The van der Waals surface area contributed by atoms with Crippen LogP contribution in [0.5, 0.6) is 0 Å². The van der Waals surface area contributed by atoms with Crippen LogP contribution in [0.1, 0.15) is 62.6 Å². The molecule has 0 spiro atoms. The van der Waals surface area contributed by atoms with E-state index < -0.39 is 0 Å². The van der Waals surface area contributed by atoms with Crippen LogP contribution in [-0.2, 0) is 21.4 Å². The van der Waals surface area contributed by atoms with Crippen LogP contribution < -0.4 is 10.5 Å². The number of hydrogen-bond donors (Lipinski definition) is 0. The van der Waals surface area contributed by atoms with E-state index in [2.05, 4.69) is 11.8 Å². The van der Waals surface area contributed by atoms with Crippen LogP contribution in [0.25, 0.3) is 6.08 Å². The van der Waals surface area contributed by atoms with Gasteiger partial charge in [0.05, 0.1) is 17.4 Å². The van der Waals surface area contributed by atoms with Crippen molar-refractivity contribution in [3.8, 4) is 6.07 Å². The second-order valence-electron chi connectivity index (χ2n) is 8.77. The number of nitrogens with zero attached hydrogens (tertiary/aromatic N) is 4. The molecule has 2 fully saturated rings. The Labute approximate surface area is 215 Å². The molecule has 0 bridgehead atoms. The molecule has 35 heavy (non-hydrogen) atoms. The number of anilines is 1. The second kappa shape index (κ2) is 11.9. The summed E-state index contributed by atoms with van der Waals surface area (Å²) in [6, 6.07) is 2.03. The molecular weight excluding hydrogens is 484 g/mol. The predicted molar refractivity (Wildman–Crippen MR) is 142 cm³/mol. The average molecular weight is 517 g/mol. The van der Waals surface area contributed by atoms with E-state index >= 15 is 0 Å². The van der Waals surface area contributed by atoms with Crippen molar-refractivity contribution >= 4 is 52.1 Å². The summed E-state index contributed by atoms with van der Waals surface area (Å²) in [5, 5.41) is 9.66. The predicted octanol–water partition coefficient (Wildman–Crippen LogP) is 3.74. The lowest BCUT2D eigenvalue weighted by Crippen LogP contribution is -2.40. The molecule has 0 unspecified atom stereocenters. The van der Waals surface area contributed by atoms with Crippen molar-refractivity contribution in [1.82, 2.24) is 9.47 Å². The number of unbranched alkanes of at least 4 members (excludes halogenated alkanes) is 2. The number of rotatable bonds is 8. The molecule has 1 aromatic heterocycles. The molecule has 3 heterocycles. The van der Waals surface area contributed by atoms with Crippen LogP contribution >= 0.6 is 24.0 Å². The summed E-state index contributed by atoms with van der Waals surface area (Å²) in [6.45, 7) is 7.69. The zero-order valence-electron chi connectivity index (χ0n) is 20.8. The fourth-order valence-corrected chi connectivity index (χ4v) is 5.82. The van der Waals surface area contributed by atoms with Crippen LogP contribution in [0.4, 0.5) is 5.82 Å². The Bertz CT molecular complexity index is 1140. The number of carbonyl (C=O) groups is 2. The molecule has 3 rings (SSSR count). The Balaban J connectivity index is 1.99. The van der Waals surface area contributed by atoms with E-state index in [1.165, 1.54) is 16.3 Å². The zero-order chi connectivity index (χ0) is 25.7. The molecular formula is C25H32N4O4S2. The Kier molecular flexibility index (Phi) is 9.14. The highest BCUT2D eigenvalue weighted by molar-refractivity contribution is 8.26. The van der Waals surface area contributed by atoms with Crippen LogP contribution in [0.15, 0.2) is 9.70 Å². The van der Waals surface area contributed by atoms with Gasteiger partial charge in [-0.1, -0.05) is 43.7 Å². The van der Waals surface area contributed by atoms with Gasteiger partial charge < -0.3 is 9.64 Å².